The van der Waals surface area contributed by atoms with Crippen molar-refractivity contribution in [1.82, 2.24) is 15.2 Å². The largest absolute Gasteiger partial charge is 0.453 e. The van der Waals surface area contributed by atoms with Gasteiger partial charge in [-0.3, -0.25) is 9.78 Å². The Kier molecular flexibility index (Phi) is 8.46. The molecule has 0 unspecified atom stereocenters. The van der Waals surface area contributed by atoms with Crippen molar-refractivity contribution in [1.29, 1.82) is 0 Å². The van der Waals surface area contributed by atoms with Crippen LogP contribution in [-0.4, -0.2) is 48.1 Å². The highest BCUT2D eigenvalue weighted by Gasteiger charge is 2.38. The fraction of sp³-hybridized carbons (Fsp3) is 0.536. The molecule has 1 aromatic heterocycles. The molecule has 2 heterocycles. The van der Waals surface area contributed by atoms with Gasteiger partial charge in [0, 0.05) is 51.1 Å². The summed E-state index contributed by atoms with van der Waals surface area (Å²) < 4.78 is 6.77. The molecule has 3 aliphatic rings. The highest BCUT2D eigenvalue weighted by molar-refractivity contribution is 9.10. The van der Waals surface area contributed by atoms with Gasteiger partial charge in [0.05, 0.1) is 12.8 Å². The number of carbonyl (C=O) groups is 2. The van der Waals surface area contributed by atoms with Crippen LogP contribution in [-0.2, 0) is 22.4 Å². The molecule has 1 N–H and O–H groups in total. The van der Waals surface area contributed by atoms with E-state index in [9.17, 15) is 9.59 Å². The molecule has 2 aromatic rings. The summed E-state index contributed by atoms with van der Waals surface area (Å²) in [6, 6.07) is 6.42. The maximum absolute atomic E-state index is 13.4. The van der Waals surface area contributed by atoms with Crippen LogP contribution >= 0.6 is 43.5 Å². The van der Waals surface area contributed by atoms with Crippen LogP contribution in [0.5, 0.6) is 0 Å². The van der Waals surface area contributed by atoms with Crippen molar-refractivity contribution in [3.63, 3.8) is 0 Å². The predicted molar refractivity (Wildman–Crippen MR) is 151 cm³/mol. The van der Waals surface area contributed by atoms with Gasteiger partial charge in [-0.25, -0.2) is 4.79 Å². The predicted octanol–water partition coefficient (Wildman–Crippen LogP) is 6.64. The second kappa shape index (κ2) is 11.6. The number of ether oxygens (including phenoxy) is 1. The van der Waals surface area contributed by atoms with E-state index in [1.165, 1.54) is 23.8 Å². The van der Waals surface area contributed by atoms with Gasteiger partial charge in [0.15, 0.2) is 0 Å². The Bertz CT molecular complexity index is 1180. The second-order valence-corrected chi connectivity index (χ2v) is 12.7. The van der Waals surface area contributed by atoms with Crippen molar-refractivity contribution in [3.05, 3.63) is 60.7 Å². The van der Waals surface area contributed by atoms with Crippen molar-refractivity contribution in [2.24, 2.45) is 11.8 Å². The van der Waals surface area contributed by atoms with Gasteiger partial charge < -0.3 is 15.0 Å². The van der Waals surface area contributed by atoms with Crippen molar-refractivity contribution < 1.29 is 14.3 Å². The van der Waals surface area contributed by atoms with Crippen LogP contribution in [0.4, 0.5) is 4.79 Å². The van der Waals surface area contributed by atoms with Crippen LogP contribution in [0.15, 0.2) is 33.3 Å². The van der Waals surface area contributed by atoms with Crippen LogP contribution < -0.4 is 5.32 Å². The van der Waals surface area contributed by atoms with E-state index >= 15 is 0 Å². The van der Waals surface area contributed by atoms with E-state index in [0.717, 1.165) is 84.1 Å². The molecule has 1 aliphatic heterocycles. The zero-order valence-electron chi connectivity index (χ0n) is 20.9. The first-order valence-corrected chi connectivity index (χ1v) is 15.1. The minimum Gasteiger partial charge on any atom is -0.453 e. The third-order valence-electron chi connectivity index (χ3n) is 8.32. The molecule has 198 valence electrons. The topological polar surface area (TPSA) is 71.5 Å². The van der Waals surface area contributed by atoms with Crippen LogP contribution in [0, 0.1) is 11.8 Å². The average molecular weight is 654 g/mol. The van der Waals surface area contributed by atoms with Crippen LogP contribution in [0.25, 0.3) is 0 Å². The van der Waals surface area contributed by atoms with E-state index in [1.807, 2.05) is 12.3 Å². The SMILES string of the molecule is COC(=O)NC1CCC(C(=O)N2CCC([C@H]3c4ncc(Br)cc4CCc4cc(Cl)cc(Br)c43)CC2)CC1. The zero-order chi connectivity index (χ0) is 26.1. The van der Waals surface area contributed by atoms with E-state index in [0.29, 0.717) is 5.92 Å². The standard InChI is InChI=1S/C28H32Br2ClN3O3/c1-37-28(36)33-22-6-4-17(5-7-22)27(35)34-10-8-16(9-11-34)25-24-18(13-21(31)14-23(24)30)2-3-19-12-20(29)15-32-26(19)25/h12-17,22,25H,2-11H2,1H3,(H,33,36)/t17?,22?,25-/m1/s1. The molecule has 2 fully saturated rings. The lowest BCUT2D eigenvalue weighted by molar-refractivity contribution is -0.138. The number of rotatable bonds is 3. The number of piperidine rings is 1. The maximum atomic E-state index is 13.4. The first kappa shape index (κ1) is 26.9. The van der Waals surface area contributed by atoms with Crippen molar-refractivity contribution in [2.75, 3.05) is 20.2 Å². The Morgan fingerprint density at radius 2 is 1.73 bits per heavy atom. The third-order valence-corrected chi connectivity index (χ3v) is 9.63. The number of nitrogens with zero attached hydrogens (tertiary/aromatic N) is 2. The minimum absolute atomic E-state index is 0.0434. The fourth-order valence-electron chi connectivity index (χ4n) is 6.45. The monoisotopic (exact) mass is 651 g/mol. The second-order valence-electron chi connectivity index (χ2n) is 10.5. The van der Waals surface area contributed by atoms with E-state index in [-0.39, 0.29) is 23.8 Å². The number of likely N-dealkylation sites (tertiary alicyclic amines) is 1. The molecule has 9 heteroatoms. The number of fused-ring (bicyclic) bond motifs is 2. The normalized spacial score (nSPS) is 24.0. The number of aromatic nitrogens is 1. The van der Waals surface area contributed by atoms with Gasteiger partial charge in [0.25, 0.3) is 0 Å². The van der Waals surface area contributed by atoms with Gasteiger partial charge in [-0.1, -0.05) is 27.5 Å². The molecule has 1 saturated carbocycles. The van der Waals surface area contributed by atoms with Crippen molar-refractivity contribution in [3.8, 4) is 0 Å². The summed E-state index contributed by atoms with van der Waals surface area (Å²) in [5.74, 6) is 0.878. The third kappa shape index (κ3) is 5.86. The van der Waals surface area contributed by atoms with Crippen LogP contribution in [0.2, 0.25) is 5.02 Å². The number of halogens is 3. The summed E-state index contributed by atoms with van der Waals surface area (Å²) in [5.41, 5.74) is 5.04. The zero-order valence-corrected chi connectivity index (χ0v) is 24.9. The summed E-state index contributed by atoms with van der Waals surface area (Å²) in [5, 5.41) is 3.63. The van der Waals surface area contributed by atoms with Gasteiger partial charge in [0.1, 0.15) is 0 Å². The number of aryl methyl sites for hydroxylation is 2. The first-order valence-electron chi connectivity index (χ1n) is 13.1. The van der Waals surface area contributed by atoms with E-state index in [2.05, 4.69) is 54.2 Å². The number of carbonyl (C=O) groups excluding carboxylic acids is 2. The first-order chi connectivity index (χ1) is 17.8. The highest BCUT2D eigenvalue weighted by atomic mass is 79.9. The van der Waals surface area contributed by atoms with Crippen LogP contribution in [0.1, 0.15) is 66.8 Å². The summed E-state index contributed by atoms with van der Waals surface area (Å²) in [7, 11) is 1.38. The quantitative estimate of drug-likeness (QED) is 0.403. The summed E-state index contributed by atoms with van der Waals surface area (Å²) >= 11 is 13.9. The highest BCUT2D eigenvalue weighted by Crippen LogP contribution is 2.46. The number of methoxy groups -OCH3 is 1. The molecule has 2 amide bonds. The molecule has 2 aliphatic carbocycles. The van der Waals surface area contributed by atoms with Gasteiger partial charge >= 0.3 is 6.09 Å². The smallest absolute Gasteiger partial charge is 0.407 e. The number of benzene rings is 1. The molecular weight excluding hydrogens is 622 g/mol. The van der Waals surface area contributed by atoms with E-state index < -0.39 is 6.09 Å². The van der Waals surface area contributed by atoms with Gasteiger partial charge in [-0.2, -0.15) is 0 Å². The van der Waals surface area contributed by atoms with E-state index in [4.69, 9.17) is 21.3 Å². The van der Waals surface area contributed by atoms with Gasteiger partial charge in [-0.15, -0.1) is 0 Å². The molecule has 1 saturated heterocycles. The lowest BCUT2D eigenvalue weighted by atomic mass is 9.76. The van der Waals surface area contributed by atoms with Crippen molar-refractivity contribution >= 4 is 55.5 Å². The summed E-state index contributed by atoms with van der Waals surface area (Å²) in [6.45, 7) is 1.54. The lowest BCUT2D eigenvalue weighted by Gasteiger charge is -2.39. The molecule has 1 atom stereocenters. The Hall–Kier alpha value is -1.64. The van der Waals surface area contributed by atoms with Crippen LogP contribution in [0.3, 0.4) is 0 Å². The maximum Gasteiger partial charge on any atom is 0.407 e. The average Bonchev–Trinajstić information content (AvgIpc) is 3.05. The molecule has 0 bridgehead atoms. The van der Waals surface area contributed by atoms with Gasteiger partial charge in [-0.05, 0) is 108 Å². The molecule has 1 aromatic carbocycles. The molecule has 37 heavy (non-hydrogen) atoms. The molecular formula is C28H32Br2ClN3O3. The number of nitrogens with one attached hydrogen (secondary N) is 1. The Morgan fingerprint density at radius 1 is 1.03 bits per heavy atom. The number of hydrogen-bond donors (Lipinski definition) is 1. The number of pyridine rings is 1. The molecule has 6 nitrogen and oxygen atoms in total. The minimum atomic E-state index is -0.394. The Morgan fingerprint density at radius 3 is 2.43 bits per heavy atom. The Balaban J connectivity index is 1.30. The number of amides is 2. The van der Waals surface area contributed by atoms with Gasteiger partial charge in [0.2, 0.25) is 5.91 Å². The lowest BCUT2D eigenvalue weighted by Crippen LogP contribution is -2.45. The summed E-state index contributed by atoms with van der Waals surface area (Å²) in [4.78, 5) is 31.9. The van der Waals surface area contributed by atoms with Crippen molar-refractivity contribution in [2.45, 2.75) is 63.3 Å². The molecule has 5 rings (SSSR count). The molecule has 0 radical (unpaired) electrons. The van der Waals surface area contributed by atoms with E-state index in [1.54, 1.807) is 0 Å². The summed E-state index contributed by atoms with van der Waals surface area (Å²) in [6.07, 6.45) is 8.52. The number of hydrogen-bond acceptors (Lipinski definition) is 4. The molecule has 0 spiro atoms. The number of alkyl carbamates (subject to hydrolysis) is 1. The fourth-order valence-corrected chi connectivity index (χ4v) is 7.95. The Labute approximate surface area is 240 Å².